The third kappa shape index (κ3) is 3.08. The SMILES string of the molecule is CCNC(=O)Nc1nc2c(-n3cncn3)c(F)c(-c3cccnc3)cc2[nH]1. The first kappa shape index (κ1) is 16.6. The third-order valence-corrected chi connectivity index (χ3v) is 3.88. The number of hydrogen-bond acceptors (Lipinski definition) is 5. The Morgan fingerprint density at radius 2 is 2.26 bits per heavy atom. The lowest BCUT2D eigenvalue weighted by molar-refractivity contribution is 0.252. The number of carbonyl (C=O) groups is 1. The van der Waals surface area contributed by atoms with Gasteiger partial charge in [0.1, 0.15) is 23.9 Å². The summed E-state index contributed by atoms with van der Waals surface area (Å²) in [6.07, 6.45) is 5.88. The van der Waals surface area contributed by atoms with Gasteiger partial charge in [-0.15, -0.1) is 0 Å². The van der Waals surface area contributed by atoms with Crippen molar-refractivity contribution in [1.29, 1.82) is 0 Å². The van der Waals surface area contributed by atoms with Gasteiger partial charge >= 0.3 is 6.03 Å². The first-order chi connectivity index (χ1) is 13.2. The van der Waals surface area contributed by atoms with Crippen LogP contribution >= 0.6 is 0 Å². The van der Waals surface area contributed by atoms with Gasteiger partial charge in [-0.1, -0.05) is 6.07 Å². The number of aromatic amines is 1. The zero-order chi connectivity index (χ0) is 18.8. The van der Waals surface area contributed by atoms with Crippen LogP contribution in [-0.4, -0.2) is 42.3 Å². The summed E-state index contributed by atoms with van der Waals surface area (Å²) in [6, 6.07) is 4.69. The van der Waals surface area contributed by atoms with Crippen LogP contribution in [0.25, 0.3) is 27.8 Å². The number of aromatic nitrogens is 6. The minimum Gasteiger partial charge on any atom is -0.338 e. The molecule has 0 spiro atoms. The van der Waals surface area contributed by atoms with E-state index in [2.05, 4.69) is 35.7 Å². The van der Waals surface area contributed by atoms with Crippen LogP contribution in [0.3, 0.4) is 0 Å². The maximum absolute atomic E-state index is 15.4. The second-order valence-corrected chi connectivity index (χ2v) is 5.63. The highest BCUT2D eigenvalue weighted by Crippen LogP contribution is 2.32. The van der Waals surface area contributed by atoms with Gasteiger partial charge in [-0.3, -0.25) is 10.3 Å². The van der Waals surface area contributed by atoms with Crippen LogP contribution in [0.4, 0.5) is 15.1 Å². The number of H-pyrrole nitrogens is 1. The molecule has 3 N–H and O–H groups in total. The standard InChI is InChI=1S/C17H15FN8O/c1-2-21-17(27)25-16-23-12-6-11(10-4-3-5-19-7-10)13(18)15(14(12)24-16)26-9-20-8-22-26/h3-9H,2H2,1H3,(H3,21,23,24,25,27). The minimum atomic E-state index is -0.517. The molecule has 3 heterocycles. The monoisotopic (exact) mass is 366 g/mol. The van der Waals surface area contributed by atoms with E-state index in [9.17, 15) is 4.79 Å². The molecule has 0 aliphatic rings. The van der Waals surface area contributed by atoms with Crippen LogP contribution in [0.1, 0.15) is 6.92 Å². The van der Waals surface area contributed by atoms with Crippen LogP contribution in [0, 0.1) is 5.82 Å². The summed E-state index contributed by atoms with van der Waals surface area (Å²) in [6.45, 7) is 2.27. The van der Waals surface area contributed by atoms with Crippen molar-refractivity contribution in [2.45, 2.75) is 6.92 Å². The highest BCUT2D eigenvalue weighted by Gasteiger charge is 2.20. The number of nitrogens with one attached hydrogen (secondary N) is 3. The van der Waals surface area contributed by atoms with Gasteiger partial charge < -0.3 is 10.3 Å². The largest absolute Gasteiger partial charge is 0.338 e. The van der Waals surface area contributed by atoms with Crippen molar-refractivity contribution in [3.8, 4) is 16.8 Å². The second kappa shape index (κ2) is 6.83. The lowest BCUT2D eigenvalue weighted by Gasteiger charge is -2.09. The zero-order valence-electron chi connectivity index (χ0n) is 14.3. The Hall–Kier alpha value is -3.82. The van der Waals surface area contributed by atoms with E-state index in [4.69, 9.17) is 0 Å². The summed E-state index contributed by atoms with van der Waals surface area (Å²) in [5.74, 6) is -0.322. The number of anilines is 1. The van der Waals surface area contributed by atoms with Gasteiger partial charge in [0.05, 0.1) is 5.52 Å². The van der Waals surface area contributed by atoms with Gasteiger partial charge in [0.15, 0.2) is 5.82 Å². The van der Waals surface area contributed by atoms with Crippen molar-refractivity contribution in [3.63, 3.8) is 0 Å². The minimum absolute atomic E-state index is 0.129. The molecule has 3 aromatic heterocycles. The van der Waals surface area contributed by atoms with Crippen LogP contribution in [-0.2, 0) is 0 Å². The summed E-state index contributed by atoms with van der Waals surface area (Å²) >= 11 is 0. The fourth-order valence-corrected chi connectivity index (χ4v) is 2.75. The number of carbonyl (C=O) groups excluding carboxylic acids is 1. The highest BCUT2D eigenvalue weighted by atomic mass is 19.1. The number of nitrogens with zero attached hydrogens (tertiary/aromatic N) is 5. The molecule has 136 valence electrons. The maximum atomic E-state index is 15.4. The topological polar surface area (TPSA) is 113 Å². The number of pyridine rings is 1. The van der Waals surface area contributed by atoms with E-state index in [-0.39, 0.29) is 11.6 Å². The Kier molecular flexibility index (Phi) is 4.21. The van der Waals surface area contributed by atoms with Crippen molar-refractivity contribution in [2.75, 3.05) is 11.9 Å². The van der Waals surface area contributed by atoms with Crippen molar-refractivity contribution >= 4 is 23.0 Å². The van der Waals surface area contributed by atoms with Gasteiger partial charge in [0, 0.05) is 30.1 Å². The van der Waals surface area contributed by atoms with Crippen molar-refractivity contribution < 1.29 is 9.18 Å². The first-order valence-electron chi connectivity index (χ1n) is 8.20. The number of benzene rings is 1. The molecule has 0 aliphatic carbocycles. The van der Waals surface area contributed by atoms with E-state index < -0.39 is 11.8 Å². The average molecular weight is 366 g/mol. The molecule has 0 unspecified atom stereocenters. The van der Waals surface area contributed by atoms with E-state index in [0.29, 0.717) is 28.7 Å². The molecule has 1 aromatic carbocycles. The molecule has 0 saturated carbocycles. The molecule has 2 amide bonds. The van der Waals surface area contributed by atoms with Crippen LogP contribution in [0.5, 0.6) is 0 Å². The van der Waals surface area contributed by atoms with E-state index in [0.717, 1.165) is 0 Å². The number of urea groups is 1. The fourth-order valence-electron chi connectivity index (χ4n) is 2.75. The predicted octanol–water partition coefficient (Wildman–Crippen LogP) is 2.49. The quantitative estimate of drug-likeness (QED) is 0.513. The van der Waals surface area contributed by atoms with Crippen LogP contribution in [0.15, 0.2) is 43.2 Å². The van der Waals surface area contributed by atoms with E-state index >= 15 is 4.39 Å². The molecular formula is C17H15FN8O. The summed E-state index contributed by atoms with van der Waals surface area (Å²) in [5.41, 5.74) is 1.91. The Morgan fingerprint density at radius 3 is 2.96 bits per heavy atom. The molecule has 10 heteroatoms. The number of fused-ring (bicyclic) bond motifs is 1. The number of halogens is 1. The molecule has 0 radical (unpaired) electrons. The summed E-state index contributed by atoms with van der Waals surface area (Å²) < 4.78 is 16.7. The molecular weight excluding hydrogens is 351 g/mol. The average Bonchev–Trinajstić information content (AvgIpc) is 3.32. The van der Waals surface area contributed by atoms with E-state index in [1.807, 2.05) is 0 Å². The molecule has 0 aliphatic heterocycles. The molecule has 0 fully saturated rings. The van der Waals surface area contributed by atoms with Crippen LogP contribution in [0.2, 0.25) is 0 Å². The van der Waals surface area contributed by atoms with Gasteiger partial charge in [0.2, 0.25) is 5.95 Å². The Balaban J connectivity index is 1.91. The Morgan fingerprint density at radius 1 is 1.37 bits per heavy atom. The smallest absolute Gasteiger partial charge is 0.321 e. The lowest BCUT2D eigenvalue weighted by Crippen LogP contribution is -2.28. The number of hydrogen-bond donors (Lipinski definition) is 3. The predicted molar refractivity (Wildman–Crippen MR) is 96.9 cm³/mol. The molecule has 4 aromatic rings. The van der Waals surface area contributed by atoms with E-state index in [1.54, 1.807) is 37.5 Å². The van der Waals surface area contributed by atoms with Crippen molar-refractivity contribution in [3.05, 3.63) is 49.1 Å². The summed E-state index contributed by atoms with van der Waals surface area (Å²) in [5, 5.41) is 9.22. The summed E-state index contributed by atoms with van der Waals surface area (Å²) in [4.78, 5) is 27.0. The van der Waals surface area contributed by atoms with Gasteiger partial charge in [-0.25, -0.2) is 23.8 Å². The molecule has 0 bridgehead atoms. The molecule has 0 atom stereocenters. The molecule has 27 heavy (non-hydrogen) atoms. The first-order valence-corrected chi connectivity index (χ1v) is 8.20. The Labute approximate surface area is 152 Å². The normalized spacial score (nSPS) is 10.9. The van der Waals surface area contributed by atoms with E-state index in [1.165, 1.54) is 17.3 Å². The molecule has 0 saturated heterocycles. The van der Waals surface area contributed by atoms with Crippen molar-refractivity contribution in [2.24, 2.45) is 0 Å². The van der Waals surface area contributed by atoms with Gasteiger partial charge in [-0.2, -0.15) is 5.10 Å². The summed E-state index contributed by atoms with van der Waals surface area (Å²) in [7, 11) is 0. The highest BCUT2D eigenvalue weighted by molar-refractivity contribution is 5.94. The number of rotatable bonds is 4. The zero-order valence-corrected chi connectivity index (χ0v) is 14.3. The lowest BCUT2D eigenvalue weighted by atomic mass is 10.0. The molecule has 4 rings (SSSR count). The Bertz CT molecular complexity index is 1090. The van der Waals surface area contributed by atoms with Crippen molar-refractivity contribution in [1.82, 2.24) is 35.0 Å². The second-order valence-electron chi connectivity index (χ2n) is 5.63. The third-order valence-electron chi connectivity index (χ3n) is 3.88. The number of amides is 2. The molecule has 9 nitrogen and oxygen atoms in total. The number of imidazole rings is 1. The maximum Gasteiger partial charge on any atom is 0.321 e. The van der Waals surface area contributed by atoms with Gasteiger partial charge in [-0.05, 0) is 19.1 Å². The van der Waals surface area contributed by atoms with Gasteiger partial charge in [0.25, 0.3) is 0 Å². The fraction of sp³-hybridized carbons (Fsp3) is 0.118. The van der Waals surface area contributed by atoms with Crippen LogP contribution < -0.4 is 10.6 Å².